The van der Waals surface area contributed by atoms with Crippen molar-refractivity contribution in [1.29, 1.82) is 0 Å². The van der Waals surface area contributed by atoms with Crippen LogP contribution in [0.2, 0.25) is 0 Å². The summed E-state index contributed by atoms with van der Waals surface area (Å²) in [4.78, 5) is 27.4. The maximum Gasteiger partial charge on any atom is 0.410 e. The number of piperidine rings is 1. The van der Waals surface area contributed by atoms with Gasteiger partial charge in [-0.1, -0.05) is 46.3 Å². The molecule has 1 saturated heterocycles. The maximum absolute atomic E-state index is 13.3. The van der Waals surface area contributed by atoms with Gasteiger partial charge in [0.1, 0.15) is 6.61 Å². The van der Waals surface area contributed by atoms with Crippen LogP contribution in [0.4, 0.5) is 4.79 Å². The van der Waals surface area contributed by atoms with Gasteiger partial charge in [-0.3, -0.25) is 9.80 Å². The number of benzene rings is 1. The zero-order valence-corrected chi connectivity index (χ0v) is 19.5. The van der Waals surface area contributed by atoms with E-state index < -0.39 is 0 Å². The lowest BCUT2D eigenvalue weighted by molar-refractivity contribution is -0.121. The van der Waals surface area contributed by atoms with Gasteiger partial charge in [0.15, 0.2) is 5.78 Å². The first-order valence-electron chi connectivity index (χ1n) is 10.6. The molecule has 30 heavy (non-hydrogen) atoms. The molecule has 0 bridgehead atoms. The maximum atomic E-state index is 13.3. The Morgan fingerprint density at radius 1 is 1.23 bits per heavy atom. The largest absolute Gasteiger partial charge is 0.445 e. The standard InChI is InChI=1S/C23H30BrN3O3/c1-22(2,3)27-18-17(14-25-27)13-23(20(24)19(18)28)9-11-26(12-10-23)21(29)30-15-16-7-5-4-6-8-16/h4-8,20,25H,9-15H2,1-3H3. The lowest BCUT2D eigenvalue weighted by Gasteiger charge is -2.47. The molecule has 1 aliphatic carbocycles. The lowest BCUT2D eigenvalue weighted by Crippen LogP contribution is -2.53. The Bertz CT molecular complexity index is 854. The van der Waals surface area contributed by atoms with E-state index in [2.05, 4.69) is 42.1 Å². The molecule has 1 aromatic carbocycles. The number of ether oxygens (including phenoxy) is 1. The van der Waals surface area contributed by atoms with E-state index in [-0.39, 0.29) is 34.3 Å². The van der Waals surface area contributed by atoms with Gasteiger partial charge in [0.25, 0.3) is 0 Å². The molecule has 0 aromatic heterocycles. The van der Waals surface area contributed by atoms with Crippen LogP contribution >= 0.6 is 15.9 Å². The fourth-order valence-electron chi connectivity index (χ4n) is 4.79. The number of rotatable bonds is 2. The Hall–Kier alpha value is -1.86. The van der Waals surface area contributed by atoms with E-state index in [0.717, 1.165) is 37.1 Å². The SMILES string of the molecule is CC(C)(C)N1NCC2=C1C(=O)C(Br)C1(CCN(C(=O)OCc3ccccc3)CC1)C2. The third-order valence-electron chi connectivity index (χ3n) is 6.47. The molecule has 1 aromatic rings. The normalized spacial score (nSPS) is 23.7. The molecule has 1 spiro atoms. The number of allylic oxidation sites excluding steroid dienone is 1. The first kappa shape index (κ1) is 21.4. The highest BCUT2D eigenvalue weighted by molar-refractivity contribution is 9.10. The summed E-state index contributed by atoms with van der Waals surface area (Å²) in [5.41, 5.74) is 6.12. The molecule has 1 amide bonds. The smallest absolute Gasteiger partial charge is 0.410 e. The summed E-state index contributed by atoms with van der Waals surface area (Å²) in [6.07, 6.45) is 2.20. The van der Waals surface area contributed by atoms with E-state index in [4.69, 9.17) is 4.74 Å². The number of ketones is 1. The highest BCUT2D eigenvalue weighted by Gasteiger charge is 2.52. The van der Waals surface area contributed by atoms with Crippen molar-refractivity contribution in [3.05, 3.63) is 47.2 Å². The van der Waals surface area contributed by atoms with E-state index in [1.807, 2.05) is 35.3 Å². The number of alkyl halides is 1. The number of hydrogen-bond acceptors (Lipinski definition) is 5. The number of nitrogens with zero attached hydrogens (tertiary/aromatic N) is 2. The third-order valence-corrected chi connectivity index (χ3v) is 7.86. The van der Waals surface area contributed by atoms with E-state index >= 15 is 0 Å². The van der Waals surface area contributed by atoms with Gasteiger partial charge in [-0.2, -0.15) is 0 Å². The Balaban J connectivity index is 1.41. The van der Waals surface area contributed by atoms with Crippen LogP contribution < -0.4 is 5.43 Å². The monoisotopic (exact) mass is 475 g/mol. The highest BCUT2D eigenvalue weighted by Crippen LogP contribution is 2.50. The summed E-state index contributed by atoms with van der Waals surface area (Å²) in [6.45, 7) is 8.56. The van der Waals surface area contributed by atoms with Gasteiger partial charge in [0, 0.05) is 25.2 Å². The molecule has 1 unspecified atom stereocenters. The Morgan fingerprint density at radius 3 is 2.53 bits per heavy atom. The molecule has 2 heterocycles. The first-order valence-corrected chi connectivity index (χ1v) is 11.5. The molecule has 4 rings (SSSR count). The molecule has 3 aliphatic rings. The van der Waals surface area contributed by atoms with Crippen molar-refractivity contribution >= 4 is 27.8 Å². The van der Waals surface area contributed by atoms with Gasteiger partial charge in [0.2, 0.25) is 0 Å². The number of hydrogen-bond donors (Lipinski definition) is 1. The molecule has 7 heteroatoms. The third kappa shape index (κ3) is 3.89. The van der Waals surface area contributed by atoms with E-state index in [9.17, 15) is 9.59 Å². The Kier molecular flexibility index (Phi) is 5.70. The molecular weight excluding hydrogens is 446 g/mol. The quantitative estimate of drug-likeness (QED) is 0.654. The van der Waals surface area contributed by atoms with Gasteiger partial charge >= 0.3 is 6.09 Å². The molecule has 0 radical (unpaired) electrons. The van der Waals surface area contributed by atoms with Gasteiger partial charge in [-0.05, 0) is 56.6 Å². The lowest BCUT2D eigenvalue weighted by atomic mass is 9.66. The predicted octanol–water partition coefficient (Wildman–Crippen LogP) is 4.01. The van der Waals surface area contributed by atoms with E-state index in [1.54, 1.807) is 4.90 Å². The van der Waals surface area contributed by atoms with Crippen LogP contribution in [0, 0.1) is 5.41 Å². The first-order chi connectivity index (χ1) is 14.2. The second-order valence-electron chi connectivity index (χ2n) is 9.59. The van der Waals surface area contributed by atoms with Crippen LogP contribution in [-0.2, 0) is 16.1 Å². The number of nitrogens with one attached hydrogen (secondary N) is 1. The Morgan fingerprint density at radius 2 is 1.90 bits per heavy atom. The molecule has 2 aliphatic heterocycles. The van der Waals surface area contributed by atoms with Crippen LogP contribution in [0.15, 0.2) is 41.6 Å². The van der Waals surface area contributed by atoms with Crippen molar-refractivity contribution in [1.82, 2.24) is 15.3 Å². The second kappa shape index (κ2) is 8.00. The predicted molar refractivity (Wildman–Crippen MR) is 119 cm³/mol. The van der Waals surface area contributed by atoms with Crippen molar-refractivity contribution in [3.63, 3.8) is 0 Å². The minimum Gasteiger partial charge on any atom is -0.445 e. The number of amides is 1. The number of Topliss-reactive ketones (excluding diaryl/α,β-unsaturated/α-hetero) is 1. The zero-order valence-electron chi connectivity index (χ0n) is 17.9. The fraction of sp³-hybridized carbons (Fsp3) is 0.565. The average Bonchev–Trinajstić information content (AvgIpc) is 3.16. The van der Waals surface area contributed by atoms with Crippen molar-refractivity contribution in [2.24, 2.45) is 5.41 Å². The molecule has 0 saturated carbocycles. The summed E-state index contributed by atoms with van der Waals surface area (Å²) < 4.78 is 5.49. The Labute approximate surface area is 186 Å². The van der Waals surface area contributed by atoms with Crippen molar-refractivity contribution in [2.75, 3.05) is 19.6 Å². The fourth-order valence-corrected chi connectivity index (χ4v) is 5.62. The molecule has 1 N–H and O–H groups in total. The minimum absolute atomic E-state index is 0.137. The highest BCUT2D eigenvalue weighted by atomic mass is 79.9. The van der Waals surface area contributed by atoms with Crippen LogP contribution in [-0.4, -0.2) is 51.8 Å². The number of hydrazine groups is 1. The van der Waals surface area contributed by atoms with Crippen LogP contribution in [0.5, 0.6) is 0 Å². The molecule has 6 nitrogen and oxygen atoms in total. The summed E-state index contributed by atoms with van der Waals surface area (Å²) in [7, 11) is 0. The van der Waals surface area contributed by atoms with Crippen molar-refractivity contribution < 1.29 is 14.3 Å². The number of carbonyl (C=O) groups is 2. The van der Waals surface area contributed by atoms with Gasteiger partial charge < -0.3 is 9.64 Å². The molecule has 162 valence electrons. The topological polar surface area (TPSA) is 61.9 Å². The summed E-state index contributed by atoms with van der Waals surface area (Å²) in [6, 6.07) is 9.71. The van der Waals surface area contributed by atoms with E-state index in [0.29, 0.717) is 13.1 Å². The van der Waals surface area contributed by atoms with Crippen LogP contribution in [0.25, 0.3) is 0 Å². The second-order valence-corrected chi connectivity index (χ2v) is 10.5. The molecule has 1 atom stereocenters. The number of halogens is 1. The summed E-state index contributed by atoms with van der Waals surface area (Å²) >= 11 is 3.75. The summed E-state index contributed by atoms with van der Waals surface area (Å²) in [5.74, 6) is 0.163. The molecule has 1 fully saturated rings. The van der Waals surface area contributed by atoms with E-state index in [1.165, 1.54) is 5.57 Å². The summed E-state index contributed by atoms with van der Waals surface area (Å²) in [5, 5.41) is 2.03. The average molecular weight is 476 g/mol. The van der Waals surface area contributed by atoms with Crippen LogP contribution in [0.3, 0.4) is 0 Å². The van der Waals surface area contributed by atoms with Crippen LogP contribution in [0.1, 0.15) is 45.6 Å². The zero-order chi connectivity index (χ0) is 21.5. The minimum atomic E-state index is -0.275. The van der Waals surface area contributed by atoms with Gasteiger partial charge in [-0.15, -0.1) is 0 Å². The van der Waals surface area contributed by atoms with Crippen molar-refractivity contribution in [2.45, 2.75) is 57.0 Å². The van der Waals surface area contributed by atoms with Gasteiger partial charge in [0.05, 0.1) is 10.5 Å². The van der Waals surface area contributed by atoms with Crippen molar-refractivity contribution in [3.8, 4) is 0 Å². The number of carbonyl (C=O) groups excluding carboxylic acids is 2. The van der Waals surface area contributed by atoms with Gasteiger partial charge in [-0.25, -0.2) is 10.2 Å². The number of likely N-dealkylation sites (tertiary alicyclic amines) is 1. The molecular formula is C23H30BrN3O3.